The Morgan fingerprint density at radius 3 is 2.87 bits per heavy atom. The maximum atomic E-state index is 12.0. The van der Waals surface area contributed by atoms with Gasteiger partial charge in [-0.25, -0.2) is 4.79 Å². The van der Waals surface area contributed by atoms with Crippen molar-refractivity contribution in [2.24, 2.45) is 5.92 Å². The van der Waals surface area contributed by atoms with Gasteiger partial charge >= 0.3 is 6.09 Å². The third-order valence-corrected chi connectivity index (χ3v) is 4.12. The summed E-state index contributed by atoms with van der Waals surface area (Å²) in [5.74, 6) is 0.582. The van der Waals surface area contributed by atoms with Gasteiger partial charge in [0.25, 0.3) is 0 Å². The number of carbonyl (C=O) groups excluding carboxylic acids is 1. The highest BCUT2D eigenvalue weighted by Crippen LogP contribution is 2.25. The summed E-state index contributed by atoms with van der Waals surface area (Å²) >= 11 is 6.08. The molecule has 6 heteroatoms. The van der Waals surface area contributed by atoms with Gasteiger partial charge in [0.05, 0.1) is 0 Å². The first kappa shape index (κ1) is 17.9. The number of phenols is 1. The summed E-state index contributed by atoms with van der Waals surface area (Å²) < 4.78 is 5.39. The number of nitrogens with one attached hydrogen (secondary N) is 1. The van der Waals surface area contributed by atoms with E-state index in [0.717, 1.165) is 19.5 Å². The second-order valence-electron chi connectivity index (χ2n) is 6.95. The zero-order valence-corrected chi connectivity index (χ0v) is 14.7. The Balaban J connectivity index is 1.77. The van der Waals surface area contributed by atoms with Crippen LogP contribution in [-0.2, 0) is 11.3 Å². The van der Waals surface area contributed by atoms with Crippen molar-refractivity contribution in [2.75, 3.05) is 19.6 Å². The van der Waals surface area contributed by atoms with E-state index < -0.39 is 5.60 Å². The van der Waals surface area contributed by atoms with Crippen molar-refractivity contribution in [2.45, 2.75) is 39.3 Å². The second kappa shape index (κ2) is 7.41. The fourth-order valence-corrected chi connectivity index (χ4v) is 2.85. The number of amides is 1. The molecule has 1 aromatic carbocycles. The van der Waals surface area contributed by atoms with Gasteiger partial charge in [0.15, 0.2) is 0 Å². The Morgan fingerprint density at radius 1 is 1.48 bits per heavy atom. The normalized spacial score (nSPS) is 18.3. The van der Waals surface area contributed by atoms with Crippen molar-refractivity contribution in [3.63, 3.8) is 0 Å². The topological polar surface area (TPSA) is 61.8 Å². The minimum absolute atomic E-state index is 0.201. The number of rotatable bonds is 4. The number of hydrogen-bond acceptors (Lipinski definition) is 4. The molecule has 1 heterocycles. The maximum absolute atomic E-state index is 12.0. The molecule has 1 unspecified atom stereocenters. The number of hydrogen-bond donors (Lipinski definition) is 2. The standard InChI is InChI=1S/C17H25ClN2O3/c1-17(2,3)23-16(22)20-8-7-12(11-20)9-19-10-13-14(18)5-4-6-15(13)21/h4-6,12,19,21H,7-11H2,1-3H3. The minimum Gasteiger partial charge on any atom is -0.508 e. The first-order valence-electron chi connectivity index (χ1n) is 7.91. The van der Waals surface area contributed by atoms with Gasteiger partial charge in [-0.05, 0) is 45.2 Å². The average Bonchev–Trinajstić information content (AvgIpc) is 2.89. The van der Waals surface area contributed by atoms with Crippen molar-refractivity contribution < 1.29 is 14.6 Å². The minimum atomic E-state index is -0.463. The molecule has 128 valence electrons. The van der Waals surface area contributed by atoms with Crippen molar-refractivity contribution in [1.82, 2.24) is 10.2 Å². The van der Waals surface area contributed by atoms with Crippen LogP contribution >= 0.6 is 11.6 Å². The predicted molar refractivity (Wildman–Crippen MR) is 90.7 cm³/mol. The van der Waals surface area contributed by atoms with Crippen LogP contribution in [0.5, 0.6) is 5.75 Å². The Hall–Kier alpha value is -1.46. The molecule has 23 heavy (non-hydrogen) atoms. The Bertz CT molecular complexity index is 537. The fourth-order valence-electron chi connectivity index (χ4n) is 2.62. The number of benzene rings is 1. The van der Waals surface area contributed by atoms with E-state index in [1.165, 1.54) is 0 Å². The Morgan fingerprint density at radius 2 is 2.22 bits per heavy atom. The Labute approximate surface area is 142 Å². The van der Waals surface area contributed by atoms with E-state index in [-0.39, 0.29) is 11.8 Å². The third-order valence-electron chi connectivity index (χ3n) is 3.77. The van der Waals surface area contributed by atoms with Gasteiger partial charge in [0.2, 0.25) is 0 Å². The molecule has 0 saturated carbocycles. The van der Waals surface area contributed by atoms with Crippen LogP contribution in [0.2, 0.25) is 5.02 Å². The molecule has 5 nitrogen and oxygen atoms in total. The zero-order chi connectivity index (χ0) is 17.0. The van der Waals surface area contributed by atoms with Gasteiger partial charge < -0.3 is 20.1 Å². The van der Waals surface area contributed by atoms with Crippen LogP contribution in [0.25, 0.3) is 0 Å². The lowest BCUT2D eigenvalue weighted by molar-refractivity contribution is 0.0288. The van der Waals surface area contributed by atoms with E-state index in [2.05, 4.69) is 5.32 Å². The maximum Gasteiger partial charge on any atom is 0.410 e. The number of phenolic OH excluding ortho intramolecular Hbond substituents is 1. The molecule has 0 aromatic heterocycles. The van der Waals surface area contributed by atoms with Gasteiger partial charge in [-0.15, -0.1) is 0 Å². The van der Waals surface area contributed by atoms with Crippen molar-refractivity contribution >= 4 is 17.7 Å². The molecule has 2 N–H and O–H groups in total. The molecule has 0 radical (unpaired) electrons. The summed E-state index contributed by atoms with van der Waals surface area (Å²) in [6.07, 6.45) is 0.699. The van der Waals surface area contributed by atoms with Crippen LogP contribution in [0.4, 0.5) is 4.79 Å². The van der Waals surface area contributed by atoms with Crippen LogP contribution in [0, 0.1) is 5.92 Å². The van der Waals surface area contributed by atoms with Crippen LogP contribution in [0.15, 0.2) is 18.2 Å². The molecule has 2 rings (SSSR count). The van der Waals surface area contributed by atoms with Crippen LogP contribution < -0.4 is 5.32 Å². The summed E-state index contributed by atoms with van der Waals surface area (Å²) in [5.41, 5.74) is 0.241. The van der Waals surface area contributed by atoms with E-state index in [1.807, 2.05) is 20.8 Å². The molecule has 1 saturated heterocycles. The highest BCUT2D eigenvalue weighted by Gasteiger charge is 2.29. The van der Waals surface area contributed by atoms with Gasteiger partial charge in [-0.2, -0.15) is 0 Å². The quantitative estimate of drug-likeness (QED) is 0.882. The summed E-state index contributed by atoms with van der Waals surface area (Å²) in [6, 6.07) is 5.11. The fraction of sp³-hybridized carbons (Fsp3) is 0.588. The summed E-state index contributed by atoms with van der Waals surface area (Å²) in [4.78, 5) is 13.8. The number of ether oxygens (including phenoxy) is 1. The molecule has 1 fully saturated rings. The molecule has 1 atom stereocenters. The number of nitrogens with zero attached hydrogens (tertiary/aromatic N) is 1. The largest absolute Gasteiger partial charge is 0.508 e. The lowest BCUT2D eigenvalue weighted by Gasteiger charge is -2.24. The summed E-state index contributed by atoms with van der Waals surface area (Å²) in [5, 5.41) is 13.7. The Kier molecular flexibility index (Phi) is 5.76. The number of likely N-dealkylation sites (tertiary alicyclic amines) is 1. The summed E-state index contributed by atoms with van der Waals surface area (Å²) in [7, 11) is 0. The highest BCUT2D eigenvalue weighted by atomic mass is 35.5. The number of carbonyl (C=O) groups is 1. The van der Waals surface area contributed by atoms with E-state index >= 15 is 0 Å². The van der Waals surface area contributed by atoms with Crippen LogP contribution in [0.3, 0.4) is 0 Å². The van der Waals surface area contributed by atoms with E-state index in [0.29, 0.717) is 29.6 Å². The monoisotopic (exact) mass is 340 g/mol. The molecular weight excluding hydrogens is 316 g/mol. The average molecular weight is 341 g/mol. The zero-order valence-electron chi connectivity index (χ0n) is 13.9. The van der Waals surface area contributed by atoms with Gasteiger partial charge in [-0.3, -0.25) is 0 Å². The van der Waals surface area contributed by atoms with Crippen LogP contribution in [-0.4, -0.2) is 41.3 Å². The van der Waals surface area contributed by atoms with Gasteiger partial charge in [0, 0.05) is 36.8 Å². The number of halogens is 1. The molecule has 1 aromatic rings. The van der Waals surface area contributed by atoms with E-state index in [9.17, 15) is 9.90 Å². The summed E-state index contributed by atoms with van der Waals surface area (Å²) in [6.45, 7) is 8.30. The van der Waals surface area contributed by atoms with Crippen molar-refractivity contribution in [3.05, 3.63) is 28.8 Å². The lowest BCUT2D eigenvalue weighted by Crippen LogP contribution is -2.36. The van der Waals surface area contributed by atoms with Crippen molar-refractivity contribution in [3.8, 4) is 5.75 Å². The molecule has 1 aliphatic heterocycles. The van der Waals surface area contributed by atoms with Crippen LogP contribution in [0.1, 0.15) is 32.8 Å². The first-order valence-corrected chi connectivity index (χ1v) is 8.29. The molecular formula is C17H25ClN2O3. The molecule has 1 aliphatic rings. The molecule has 0 spiro atoms. The molecule has 1 amide bonds. The van der Waals surface area contributed by atoms with E-state index in [1.54, 1.807) is 23.1 Å². The predicted octanol–water partition coefficient (Wildman–Crippen LogP) is 3.39. The SMILES string of the molecule is CC(C)(C)OC(=O)N1CCC(CNCc2c(O)cccc2Cl)C1. The smallest absolute Gasteiger partial charge is 0.410 e. The van der Waals surface area contributed by atoms with Crippen molar-refractivity contribution in [1.29, 1.82) is 0 Å². The third kappa shape index (κ3) is 5.29. The lowest BCUT2D eigenvalue weighted by atomic mass is 10.1. The first-order chi connectivity index (χ1) is 10.8. The second-order valence-corrected chi connectivity index (χ2v) is 7.36. The highest BCUT2D eigenvalue weighted by molar-refractivity contribution is 6.31. The molecule has 0 bridgehead atoms. The number of aromatic hydroxyl groups is 1. The molecule has 0 aliphatic carbocycles. The van der Waals surface area contributed by atoms with Gasteiger partial charge in [0.1, 0.15) is 11.4 Å². The van der Waals surface area contributed by atoms with Gasteiger partial charge in [-0.1, -0.05) is 17.7 Å². The van der Waals surface area contributed by atoms with E-state index in [4.69, 9.17) is 16.3 Å².